The van der Waals surface area contributed by atoms with Gasteiger partial charge in [-0.15, -0.1) is 0 Å². The first-order valence-electron chi connectivity index (χ1n) is 4.85. The average Bonchev–Trinajstić information content (AvgIpc) is 2.95. The zero-order valence-corrected chi connectivity index (χ0v) is 8.53. The summed E-state index contributed by atoms with van der Waals surface area (Å²) in [5, 5.41) is 0. The van der Waals surface area contributed by atoms with E-state index in [2.05, 4.69) is 9.98 Å². The molecule has 0 aliphatic heterocycles. The lowest BCUT2D eigenvalue weighted by molar-refractivity contribution is 0.299. The number of pyridine rings is 1. The molecule has 3 heteroatoms. The Morgan fingerprint density at radius 2 is 2.36 bits per heavy atom. The van der Waals surface area contributed by atoms with Gasteiger partial charge < -0.3 is 4.74 Å². The topological polar surface area (TPSA) is 34.5 Å². The molecule has 0 saturated heterocycles. The van der Waals surface area contributed by atoms with Crippen LogP contribution in [-0.4, -0.2) is 24.4 Å². The first-order valence-corrected chi connectivity index (χ1v) is 4.85. The van der Waals surface area contributed by atoms with Gasteiger partial charge in [-0.3, -0.25) is 9.98 Å². The van der Waals surface area contributed by atoms with Crippen LogP contribution in [-0.2, 0) is 0 Å². The smallest absolute Gasteiger partial charge is 0.149 e. The van der Waals surface area contributed by atoms with Crippen molar-refractivity contribution in [3.8, 4) is 5.75 Å². The Bertz CT molecular complexity index is 356. The molecule has 1 fully saturated rings. The predicted molar refractivity (Wildman–Crippen MR) is 56.1 cm³/mol. The molecule has 1 saturated carbocycles. The molecule has 1 aromatic rings. The van der Waals surface area contributed by atoms with Crippen LogP contribution in [0.5, 0.6) is 5.75 Å². The minimum absolute atomic E-state index is 0.405. The van der Waals surface area contributed by atoms with Crippen LogP contribution in [0.25, 0.3) is 0 Å². The van der Waals surface area contributed by atoms with Crippen molar-refractivity contribution < 1.29 is 4.74 Å². The van der Waals surface area contributed by atoms with Crippen molar-refractivity contribution in [1.82, 2.24) is 4.98 Å². The zero-order valence-electron chi connectivity index (χ0n) is 8.53. The highest BCUT2D eigenvalue weighted by atomic mass is 16.5. The van der Waals surface area contributed by atoms with E-state index in [0.717, 1.165) is 29.8 Å². The molecule has 1 heterocycles. The molecule has 0 bridgehead atoms. The fourth-order valence-corrected chi connectivity index (χ4v) is 1.29. The van der Waals surface area contributed by atoms with Crippen molar-refractivity contribution in [2.75, 3.05) is 7.05 Å². The Morgan fingerprint density at radius 1 is 1.57 bits per heavy atom. The normalized spacial score (nSPS) is 16.1. The molecule has 1 aliphatic carbocycles. The molecule has 1 aliphatic rings. The number of rotatable bonds is 3. The van der Waals surface area contributed by atoms with E-state index in [-0.39, 0.29) is 0 Å². The average molecular weight is 190 g/mol. The third kappa shape index (κ3) is 1.92. The van der Waals surface area contributed by atoms with Crippen LogP contribution < -0.4 is 4.74 Å². The minimum Gasteiger partial charge on any atom is -0.488 e. The summed E-state index contributed by atoms with van der Waals surface area (Å²) in [6.07, 6.45) is 6.26. The SMILES string of the molecule is C/N=C/c1nccc(C)c1OC1CC1. The van der Waals surface area contributed by atoms with Crippen LogP contribution >= 0.6 is 0 Å². The van der Waals surface area contributed by atoms with E-state index in [1.165, 1.54) is 0 Å². The maximum Gasteiger partial charge on any atom is 0.149 e. The van der Waals surface area contributed by atoms with Gasteiger partial charge >= 0.3 is 0 Å². The number of aryl methyl sites for hydroxylation is 1. The van der Waals surface area contributed by atoms with Gasteiger partial charge in [-0.1, -0.05) is 0 Å². The molecule has 0 amide bonds. The Kier molecular flexibility index (Phi) is 2.48. The molecule has 0 N–H and O–H groups in total. The summed E-state index contributed by atoms with van der Waals surface area (Å²) in [4.78, 5) is 8.20. The third-order valence-electron chi connectivity index (χ3n) is 2.19. The standard InChI is InChI=1S/C11H14N2O/c1-8-5-6-13-10(7-12-2)11(8)14-9-3-4-9/h5-7,9H,3-4H2,1-2H3/b12-7+. The lowest BCUT2D eigenvalue weighted by Gasteiger charge is -2.09. The highest BCUT2D eigenvalue weighted by Gasteiger charge is 2.25. The van der Waals surface area contributed by atoms with Crippen molar-refractivity contribution in [2.45, 2.75) is 25.9 Å². The Labute approximate surface area is 83.8 Å². The molecular formula is C11H14N2O. The summed E-state index contributed by atoms with van der Waals surface area (Å²) < 4.78 is 5.79. The largest absolute Gasteiger partial charge is 0.488 e. The first-order chi connectivity index (χ1) is 6.81. The summed E-state index contributed by atoms with van der Waals surface area (Å²) in [7, 11) is 1.74. The quantitative estimate of drug-likeness (QED) is 0.683. The van der Waals surface area contributed by atoms with Crippen LogP contribution in [0.3, 0.4) is 0 Å². The van der Waals surface area contributed by atoms with Gasteiger partial charge in [-0.05, 0) is 31.4 Å². The van der Waals surface area contributed by atoms with Crippen molar-refractivity contribution in [3.05, 3.63) is 23.5 Å². The van der Waals surface area contributed by atoms with E-state index in [0.29, 0.717) is 6.10 Å². The van der Waals surface area contributed by atoms with E-state index < -0.39 is 0 Å². The summed E-state index contributed by atoms with van der Waals surface area (Å²) >= 11 is 0. The maximum atomic E-state index is 5.79. The van der Waals surface area contributed by atoms with E-state index in [9.17, 15) is 0 Å². The molecule has 0 radical (unpaired) electrons. The van der Waals surface area contributed by atoms with E-state index >= 15 is 0 Å². The molecule has 0 atom stereocenters. The fourth-order valence-electron chi connectivity index (χ4n) is 1.29. The monoisotopic (exact) mass is 190 g/mol. The third-order valence-corrected chi connectivity index (χ3v) is 2.19. The van der Waals surface area contributed by atoms with Crippen LogP contribution in [0.1, 0.15) is 24.1 Å². The lowest BCUT2D eigenvalue weighted by Crippen LogP contribution is -2.03. The number of aliphatic imine (C=N–C) groups is 1. The number of nitrogens with zero attached hydrogens (tertiary/aromatic N) is 2. The molecule has 3 nitrogen and oxygen atoms in total. The summed E-state index contributed by atoms with van der Waals surface area (Å²) in [6, 6.07) is 1.96. The Morgan fingerprint density at radius 3 is 3.00 bits per heavy atom. The second kappa shape index (κ2) is 3.78. The van der Waals surface area contributed by atoms with Gasteiger partial charge in [0.25, 0.3) is 0 Å². The molecule has 1 aromatic heterocycles. The second-order valence-corrected chi connectivity index (χ2v) is 3.55. The lowest BCUT2D eigenvalue weighted by atomic mass is 10.2. The minimum atomic E-state index is 0.405. The number of hydrogen-bond acceptors (Lipinski definition) is 3. The Balaban J connectivity index is 2.31. The van der Waals surface area contributed by atoms with Gasteiger partial charge in [0.1, 0.15) is 11.4 Å². The van der Waals surface area contributed by atoms with Crippen LogP contribution in [0.15, 0.2) is 17.3 Å². The highest BCUT2D eigenvalue weighted by molar-refractivity contribution is 5.81. The van der Waals surface area contributed by atoms with E-state index in [1.807, 2.05) is 13.0 Å². The van der Waals surface area contributed by atoms with E-state index in [1.54, 1.807) is 19.5 Å². The van der Waals surface area contributed by atoms with Crippen molar-refractivity contribution >= 4 is 6.21 Å². The molecule has 0 spiro atoms. The number of ether oxygens (including phenoxy) is 1. The van der Waals surface area contributed by atoms with Crippen molar-refractivity contribution in [1.29, 1.82) is 0 Å². The van der Waals surface area contributed by atoms with Crippen molar-refractivity contribution in [3.63, 3.8) is 0 Å². The van der Waals surface area contributed by atoms with Crippen molar-refractivity contribution in [2.24, 2.45) is 4.99 Å². The number of hydrogen-bond donors (Lipinski definition) is 0. The second-order valence-electron chi connectivity index (χ2n) is 3.55. The molecule has 74 valence electrons. The summed E-state index contributed by atoms with van der Waals surface area (Å²) in [6.45, 7) is 2.03. The van der Waals surface area contributed by atoms with Gasteiger partial charge in [-0.25, -0.2) is 0 Å². The molecule has 0 unspecified atom stereocenters. The molecule has 0 aromatic carbocycles. The molecule has 14 heavy (non-hydrogen) atoms. The Hall–Kier alpha value is -1.38. The van der Waals surface area contributed by atoms with Gasteiger partial charge in [0.15, 0.2) is 0 Å². The summed E-state index contributed by atoms with van der Waals surface area (Å²) in [5.74, 6) is 0.889. The zero-order chi connectivity index (χ0) is 9.97. The van der Waals surface area contributed by atoms with Gasteiger partial charge in [0, 0.05) is 13.2 Å². The molecule has 2 rings (SSSR count). The molecular weight excluding hydrogens is 176 g/mol. The number of aromatic nitrogens is 1. The highest BCUT2D eigenvalue weighted by Crippen LogP contribution is 2.30. The van der Waals surface area contributed by atoms with Gasteiger partial charge in [-0.2, -0.15) is 0 Å². The van der Waals surface area contributed by atoms with Crippen LogP contribution in [0.2, 0.25) is 0 Å². The van der Waals surface area contributed by atoms with Gasteiger partial charge in [0.2, 0.25) is 0 Å². The van der Waals surface area contributed by atoms with E-state index in [4.69, 9.17) is 4.74 Å². The summed E-state index contributed by atoms with van der Waals surface area (Å²) in [5.41, 5.74) is 1.96. The van der Waals surface area contributed by atoms with Crippen LogP contribution in [0.4, 0.5) is 0 Å². The predicted octanol–water partition coefficient (Wildman–Crippen LogP) is 1.98. The van der Waals surface area contributed by atoms with Gasteiger partial charge in [0.05, 0.1) is 12.3 Å². The maximum absolute atomic E-state index is 5.79. The first kappa shape index (κ1) is 9.19. The van der Waals surface area contributed by atoms with Crippen LogP contribution in [0, 0.1) is 6.92 Å². The fraction of sp³-hybridized carbons (Fsp3) is 0.455.